The van der Waals surface area contributed by atoms with E-state index in [0.29, 0.717) is 0 Å². The summed E-state index contributed by atoms with van der Waals surface area (Å²) in [6, 6.07) is 0. The van der Waals surface area contributed by atoms with Crippen LogP contribution < -0.4 is 0 Å². The van der Waals surface area contributed by atoms with Crippen LogP contribution in [0.25, 0.3) is 0 Å². The molecule has 2 aliphatic rings. The molecule has 0 nitrogen and oxygen atoms in total. The Morgan fingerprint density at radius 2 is 2.18 bits per heavy atom. The van der Waals surface area contributed by atoms with Gasteiger partial charge in [-0.3, -0.25) is 0 Å². The van der Waals surface area contributed by atoms with Gasteiger partial charge in [0.2, 0.25) is 0 Å². The van der Waals surface area contributed by atoms with Gasteiger partial charge in [-0.25, -0.2) is 0 Å². The highest BCUT2D eigenvalue weighted by atomic mass is 14.8. The second-order valence-corrected chi connectivity index (χ2v) is 4.93. The molecular formula is C11H20. The van der Waals surface area contributed by atoms with Crippen molar-refractivity contribution in [1.29, 1.82) is 0 Å². The Kier molecular flexibility index (Phi) is 1.56. The molecule has 0 bridgehead atoms. The number of fused-ring (bicyclic) bond motifs is 1. The number of hydrogen-bond donors (Lipinski definition) is 0. The minimum absolute atomic E-state index is 0.897. The van der Waals surface area contributed by atoms with Crippen molar-refractivity contribution in [2.45, 2.75) is 46.5 Å². The maximum Gasteiger partial charge on any atom is -0.0232 e. The van der Waals surface area contributed by atoms with Crippen LogP contribution in [0, 0.1) is 23.2 Å². The van der Waals surface area contributed by atoms with Crippen molar-refractivity contribution in [2.75, 3.05) is 0 Å². The van der Waals surface area contributed by atoms with Crippen LogP contribution >= 0.6 is 0 Å². The van der Waals surface area contributed by atoms with Crippen LogP contribution in [0.2, 0.25) is 0 Å². The van der Waals surface area contributed by atoms with Crippen LogP contribution in [0.5, 0.6) is 0 Å². The number of rotatable bonds is 4. The highest BCUT2D eigenvalue weighted by Gasteiger charge is 2.75. The zero-order chi connectivity index (χ0) is 8.06. The Morgan fingerprint density at radius 3 is 2.55 bits per heavy atom. The third-order valence-corrected chi connectivity index (χ3v) is 4.09. The fraction of sp³-hybridized carbons (Fsp3) is 1.00. The summed E-state index contributed by atoms with van der Waals surface area (Å²) in [7, 11) is 0. The summed E-state index contributed by atoms with van der Waals surface area (Å²) < 4.78 is 0. The molecule has 0 heteroatoms. The molecule has 2 saturated carbocycles. The normalized spacial score (nSPS) is 48.3. The lowest BCUT2D eigenvalue weighted by atomic mass is 9.92. The fourth-order valence-corrected chi connectivity index (χ4v) is 3.02. The van der Waals surface area contributed by atoms with Crippen LogP contribution in [0.4, 0.5) is 0 Å². The predicted molar refractivity (Wildman–Crippen MR) is 48.4 cm³/mol. The smallest absolute Gasteiger partial charge is 0.0232 e. The van der Waals surface area contributed by atoms with Gasteiger partial charge in [0, 0.05) is 0 Å². The van der Waals surface area contributed by atoms with E-state index >= 15 is 0 Å². The highest BCUT2D eigenvalue weighted by molar-refractivity contribution is 5.23. The van der Waals surface area contributed by atoms with Crippen molar-refractivity contribution in [3.8, 4) is 0 Å². The van der Waals surface area contributed by atoms with Gasteiger partial charge in [-0.1, -0.05) is 33.6 Å². The van der Waals surface area contributed by atoms with Gasteiger partial charge in [0.15, 0.2) is 0 Å². The summed E-state index contributed by atoms with van der Waals surface area (Å²) >= 11 is 0. The molecule has 2 fully saturated rings. The molecule has 2 aliphatic carbocycles. The van der Waals surface area contributed by atoms with E-state index in [1.807, 2.05) is 0 Å². The molecule has 2 rings (SSSR count). The van der Waals surface area contributed by atoms with Crippen molar-refractivity contribution in [3.05, 3.63) is 0 Å². The van der Waals surface area contributed by atoms with E-state index in [4.69, 9.17) is 0 Å². The summed E-state index contributed by atoms with van der Waals surface area (Å²) in [5.74, 6) is 3.26. The fourth-order valence-electron chi connectivity index (χ4n) is 3.02. The third kappa shape index (κ3) is 1.02. The first-order valence-corrected chi connectivity index (χ1v) is 5.20. The van der Waals surface area contributed by atoms with Gasteiger partial charge < -0.3 is 0 Å². The standard InChI is InChI=1S/C11H20/c1-4-5-8(2)6-11-7-10(11)9(11)3/h8-10H,4-7H2,1-3H3. The van der Waals surface area contributed by atoms with Crippen LogP contribution in [0.15, 0.2) is 0 Å². The van der Waals surface area contributed by atoms with Crippen molar-refractivity contribution >= 4 is 0 Å². The Morgan fingerprint density at radius 1 is 1.55 bits per heavy atom. The van der Waals surface area contributed by atoms with E-state index in [2.05, 4.69) is 20.8 Å². The van der Waals surface area contributed by atoms with Crippen LogP contribution in [-0.2, 0) is 0 Å². The summed E-state index contributed by atoms with van der Waals surface area (Å²) in [5, 5.41) is 0. The lowest BCUT2D eigenvalue weighted by Gasteiger charge is -2.13. The molecule has 0 aliphatic heterocycles. The molecule has 0 amide bonds. The van der Waals surface area contributed by atoms with Gasteiger partial charge in [0.05, 0.1) is 0 Å². The topological polar surface area (TPSA) is 0 Å². The van der Waals surface area contributed by atoms with Gasteiger partial charge >= 0.3 is 0 Å². The Balaban J connectivity index is 1.74. The second-order valence-electron chi connectivity index (χ2n) is 4.93. The molecule has 0 N–H and O–H groups in total. The van der Waals surface area contributed by atoms with E-state index in [0.717, 1.165) is 17.3 Å². The molecule has 4 unspecified atom stereocenters. The summed E-state index contributed by atoms with van der Waals surface area (Å²) in [6.45, 7) is 7.17. The lowest BCUT2D eigenvalue weighted by Crippen LogP contribution is -2.02. The van der Waals surface area contributed by atoms with Crippen molar-refractivity contribution < 1.29 is 0 Å². The molecule has 0 radical (unpaired) electrons. The van der Waals surface area contributed by atoms with Crippen molar-refractivity contribution in [2.24, 2.45) is 23.2 Å². The summed E-state index contributed by atoms with van der Waals surface area (Å²) in [4.78, 5) is 0. The summed E-state index contributed by atoms with van der Waals surface area (Å²) in [5.41, 5.74) is 0.897. The zero-order valence-corrected chi connectivity index (χ0v) is 8.06. The minimum Gasteiger partial charge on any atom is -0.0654 e. The minimum atomic E-state index is 0.897. The molecular weight excluding hydrogens is 132 g/mol. The summed E-state index contributed by atoms with van der Waals surface area (Å²) in [6.07, 6.45) is 5.92. The van der Waals surface area contributed by atoms with E-state index in [1.165, 1.54) is 25.2 Å². The van der Waals surface area contributed by atoms with E-state index in [9.17, 15) is 0 Å². The Hall–Kier alpha value is 0. The van der Waals surface area contributed by atoms with Crippen LogP contribution in [0.3, 0.4) is 0 Å². The molecule has 11 heavy (non-hydrogen) atoms. The molecule has 4 atom stereocenters. The SMILES string of the molecule is CCCC(C)CC12CC1C2C. The first kappa shape index (κ1) is 7.64. The van der Waals surface area contributed by atoms with E-state index in [1.54, 1.807) is 6.42 Å². The van der Waals surface area contributed by atoms with Gasteiger partial charge in [-0.2, -0.15) is 0 Å². The second kappa shape index (κ2) is 2.24. The monoisotopic (exact) mass is 152 g/mol. The molecule has 0 saturated heterocycles. The maximum atomic E-state index is 2.44. The van der Waals surface area contributed by atoms with Gasteiger partial charge in [0.25, 0.3) is 0 Å². The van der Waals surface area contributed by atoms with Crippen molar-refractivity contribution in [1.82, 2.24) is 0 Å². The van der Waals surface area contributed by atoms with Gasteiger partial charge in [-0.15, -0.1) is 0 Å². The lowest BCUT2D eigenvalue weighted by molar-refractivity contribution is 0.376. The molecule has 0 spiro atoms. The predicted octanol–water partition coefficient (Wildman–Crippen LogP) is 3.47. The van der Waals surface area contributed by atoms with Crippen LogP contribution in [0.1, 0.15) is 46.5 Å². The molecule has 0 heterocycles. The molecule has 64 valence electrons. The van der Waals surface area contributed by atoms with Crippen molar-refractivity contribution in [3.63, 3.8) is 0 Å². The molecule has 0 aromatic rings. The number of hydrogen-bond acceptors (Lipinski definition) is 0. The largest absolute Gasteiger partial charge is 0.0654 e. The Labute approximate surface area is 70.4 Å². The average molecular weight is 152 g/mol. The van der Waals surface area contributed by atoms with E-state index < -0.39 is 0 Å². The first-order chi connectivity index (χ1) is 5.20. The van der Waals surface area contributed by atoms with Crippen LogP contribution in [-0.4, -0.2) is 0 Å². The maximum absolute atomic E-state index is 2.44. The third-order valence-electron chi connectivity index (χ3n) is 4.09. The van der Waals surface area contributed by atoms with Gasteiger partial charge in [-0.05, 0) is 36.0 Å². The molecule has 0 aromatic carbocycles. The van der Waals surface area contributed by atoms with Gasteiger partial charge in [0.1, 0.15) is 0 Å². The van der Waals surface area contributed by atoms with E-state index in [-0.39, 0.29) is 0 Å². The highest BCUT2D eigenvalue weighted by Crippen LogP contribution is 2.82. The average Bonchev–Trinajstić information content (AvgIpc) is 2.76. The zero-order valence-electron chi connectivity index (χ0n) is 8.06. The Bertz CT molecular complexity index is 155. The first-order valence-electron chi connectivity index (χ1n) is 5.20. The molecule has 0 aromatic heterocycles. The quantitative estimate of drug-likeness (QED) is 0.578.